The number of fused-ring (bicyclic) bond motifs is 3. The lowest BCUT2D eigenvalue weighted by Crippen LogP contribution is -2.57. The van der Waals surface area contributed by atoms with Crippen molar-refractivity contribution < 1.29 is 31.9 Å². The van der Waals surface area contributed by atoms with Gasteiger partial charge in [-0.25, -0.2) is 17.8 Å². The molecule has 3 aromatic rings. The van der Waals surface area contributed by atoms with Gasteiger partial charge < -0.3 is 20.3 Å². The van der Waals surface area contributed by atoms with E-state index in [1.54, 1.807) is 18.3 Å². The largest absolute Gasteiger partial charge is 0.472 e. The molecule has 3 fully saturated rings. The van der Waals surface area contributed by atoms with Gasteiger partial charge in [0.1, 0.15) is 29.5 Å². The van der Waals surface area contributed by atoms with Crippen LogP contribution in [0.4, 0.5) is 10.1 Å². The molecule has 0 unspecified atom stereocenters. The number of nitrogens with zero attached hydrogens (tertiary/aromatic N) is 2. The van der Waals surface area contributed by atoms with E-state index in [1.807, 2.05) is 42.5 Å². The SMILES string of the molecule is O=C1N[C@]2(C(=O)NS(=O)(=O)C3CC3)C[C@H]2C=CCCCCC[C@H](Nc2cccc(F)c2)C(=O)N2C[C@H](Oc3nccc4ccccc34)C[C@@H]12. The maximum absolute atomic E-state index is 14.4. The Morgan fingerprint density at radius 2 is 1.88 bits per heavy atom. The van der Waals surface area contributed by atoms with Crippen LogP contribution in [0.2, 0.25) is 0 Å². The minimum Gasteiger partial charge on any atom is -0.472 e. The number of aromatic nitrogens is 1. The van der Waals surface area contributed by atoms with Gasteiger partial charge >= 0.3 is 0 Å². The second-order valence-corrected chi connectivity index (χ2v) is 15.5. The van der Waals surface area contributed by atoms with Crippen molar-refractivity contribution in [2.24, 2.45) is 5.92 Å². The summed E-state index contributed by atoms with van der Waals surface area (Å²) in [6.07, 6.45) is 9.78. The molecule has 0 spiro atoms. The zero-order valence-corrected chi connectivity index (χ0v) is 27.8. The molecule has 0 radical (unpaired) electrons. The first-order valence-corrected chi connectivity index (χ1v) is 18.6. The van der Waals surface area contributed by atoms with E-state index in [9.17, 15) is 27.2 Å². The number of rotatable bonds is 7. The molecule has 2 aliphatic heterocycles. The van der Waals surface area contributed by atoms with Crippen molar-refractivity contribution in [3.8, 4) is 5.88 Å². The highest BCUT2D eigenvalue weighted by atomic mass is 32.2. The maximum Gasteiger partial charge on any atom is 0.259 e. The van der Waals surface area contributed by atoms with E-state index < -0.39 is 62.5 Å². The molecule has 2 aliphatic carbocycles. The van der Waals surface area contributed by atoms with Crippen LogP contribution in [0, 0.1) is 11.7 Å². The first-order chi connectivity index (χ1) is 23.6. The summed E-state index contributed by atoms with van der Waals surface area (Å²) in [5.74, 6) is -2.14. The normalized spacial score (nSPS) is 27.7. The third kappa shape index (κ3) is 7.12. The number of hydrogen-bond donors (Lipinski definition) is 3. The van der Waals surface area contributed by atoms with Crippen LogP contribution in [0.1, 0.15) is 57.8 Å². The van der Waals surface area contributed by atoms with Gasteiger partial charge in [-0.1, -0.05) is 49.3 Å². The Labute approximate surface area is 284 Å². The van der Waals surface area contributed by atoms with Gasteiger partial charge in [0.25, 0.3) is 5.91 Å². The number of halogens is 1. The van der Waals surface area contributed by atoms with E-state index >= 15 is 0 Å². The van der Waals surface area contributed by atoms with Gasteiger partial charge in [-0.2, -0.15) is 0 Å². The number of amides is 3. The number of anilines is 1. The number of sulfonamides is 1. The minimum absolute atomic E-state index is 0.0712. The van der Waals surface area contributed by atoms with Crippen molar-refractivity contribution in [1.82, 2.24) is 19.9 Å². The Kier molecular flexibility index (Phi) is 9.03. The molecule has 2 saturated carbocycles. The zero-order valence-electron chi connectivity index (χ0n) is 27.0. The second-order valence-electron chi connectivity index (χ2n) is 13.5. The number of carbonyl (C=O) groups excluding carboxylic acids is 3. The summed E-state index contributed by atoms with van der Waals surface area (Å²) < 4.78 is 48.3. The average molecular weight is 690 g/mol. The Morgan fingerprint density at radius 1 is 1.04 bits per heavy atom. The summed E-state index contributed by atoms with van der Waals surface area (Å²) in [4.78, 5) is 48.2. The fraction of sp³-hybridized carbons (Fsp3) is 0.444. The molecule has 11 nitrogen and oxygen atoms in total. The highest BCUT2D eigenvalue weighted by molar-refractivity contribution is 7.91. The van der Waals surface area contributed by atoms with Crippen molar-refractivity contribution in [2.45, 2.75) is 86.8 Å². The smallest absolute Gasteiger partial charge is 0.259 e. The highest BCUT2D eigenvalue weighted by Crippen LogP contribution is 2.46. The van der Waals surface area contributed by atoms with Crippen LogP contribution in [0.15, 0.2) is 72.9 Å². The molecule has 1 saturated heterocycles. The Morgan fingerprint density at radius 3 is 2.69 bits per heavy atom. The van der Waals surface area contributed by atoms with Crippen molar-refractivity contribution in [2.75, 3.05) is 11.9 Å². The lowest BCUT2D eigenvalue weighted by molar-refractivity contribution is -0.140. The summed E-state index contributed by atoms with van der Waals surface area (Å²) in [5.41, 5.74) is -1.01. The summed E-state index contributed by atoms with van der Waals surface area (Å²) >= 11 is 0. The molecule has 13 heteroatoms. The Balaban J connectivity index is 1.20. The van der Waals surface area contributed by atoms with E-state index in [1.165, 1.54) is 17.0 Å². The maximum atomic E-state index is 14.4. The van der Waals surface area contributed by atoms with Gasteiger partial charge in [-0.3, -0.25) is 19.1 Å². The highest BCUT2D eigenvalue weighted by Gasteiger charge is 2.62. The summed E-state index contributed by atoms with van der Waals surface area (Å²) in [6, 6.07) is 13.6. The van der Waals surface area contributed by atoms with Crippen LogP contribution in [-0.4, -0.2) is 71.5 Å². The van der Waals surface area contributed by atoms with Gasteiger partial charge in [0, 0.05) is 29.6 Å². The van der Waals surface area contributed by atoms with Crippen LogP contribution in [0.25, 0.3) is 10.8 Å². The van der Waals surface area contributed by atoms with Gasteiger partial charge in [-0.05, 0) is 74.2 Å². The van der Waals surface area contributed by atoms with Crippen LogP contribution >= 0.6 is 0 Å². The standard InChI is InChI=1S/C36H40FN5O6S/c37-25-11-8-12-26(19-25)39-30-14-5-3-1-2-4-10-24-21-36(24,35(45)41-49(46,47)28-15-16-28)40-32(43)31-20-27(22-42(31)34(30)44)48-33-29-13-7-6-9-23(29)17-18-38-33/h4,6-13,17-19,24,27-28,30-31,39H,1-3,5,14-16,20-22H2,(H,40,43)(H,41,45)/t24-,27-,30+,31+,36-/m1/s1. The quantitative estimate of drug-likeness (QED) is 0.313. The fourth-order valence-electron chi connectivity index (χ4n) is 6.97. The molecule has 1 aromatic heterocycles. The van der Waals surface area contributed by atoms with Gasteiger partial charge in [-0.15, -0.1) is 0 Å². The summed E-state index contributed by atoms with van der Waals surface area (Å²) in [7, 11) is -3.86. The molecule has 4 aliphatic rings. The van der Waals surface area contributed by atoms with Crippen LogP contribution in [0.3, 0.4) is 0 Å². The van der Waals surface area contributed by atoms with Crippen molar-refractivity contribution >= 4 is 44.2 Å². The van der Waals surface area contributed by atoms with E-state index in [2.05, 4.69) is 20.3 Å². The molecule has 49 heavy (non-hydrogen) atoms. The van der Waals surface area contributed by atoms with E-state index in [-0.39, 0.29) is 25.3 Å². The van der Waals surface area contributed by atoms with Crippen LogP contribution in [0.5, 0.6) is 5.88 Å². The molecule has 5 atom stereocenters. The fourth-order valence-corrected chi connectivity index (χ4v) is 8.33. The van der Waals surface area contributed by atoms with E-state index in [0.717, 1.165) is 30.0 Å². The molecule has 2 aromatic carbocycles. The first kappa shape index (κ1) is 33.0. The van der Waals surface area contributed by atoms with Crippen molar-refractivity contribution in [3.63, 3.8) is 0 Å². The zero-order chi connectivity index (χ0) is 34.2. The molecular weight excluding hydrogens is 649 g/mol. The number of carbonyl (C=O) groups is 3. The van der Waals surface area contributed by atoms with Crippen LogP contribution < -0.4 is 20.1 Å². The third-order valence-electron chi connectivity index (χ3n) is 9.92. The molecular formula is C36H40FN5O6S. The number of nitrogens with one attached hydrogen (secondary N) is 3. The first-order valence-electron chi connectivity index (χ1n) is 17.0. The van der Waals surface area contributed by atoms with Crippen LogP contribution in [-0.2, 0) is 24.4 Å². The monoisotopic (exact) mass is 689 g/mol. The van der Waals surface area contributed by atoms with E-state index in [0.29, 0.717) is 37.3 Å². The minimum atomic E-state index is -3.86. The Hall–Kier alpha value is -4.52. The molecule has 7 rings (SSSR count). The molecule has 258 valence electrons. The molecule has 3 amide bonds. The average Bonchev–Trinajstić information content (AvgIpc) is 4.00. The number of pyridine rings is 1. The second kappa shape index (κ2) is 13.4. The predicted octanol–water partition coefficient (Wildman–Crippen LogP) is 4.21. The van der Waals surface area contributed by atoms with Crippen molar-refractivity contribution in [1.29, 1.82) is 0 Å². The number of benzene rings is 2. The lowest BCUT2D eigenvalue weighted by atomic mass is 10.0. The third-order valence-corrected chi connectivity index (χ3v) is 11.7. The molecule has 0 bridgehead atoms. The lowest BCUT2D eigenvalue weighted by Gasteiger charge is -2.30. The van der Waals surface area contributed by atoms with Gasteiger partial charge in [0.15, 0.2) is 0 Å². The Bertz CT molecular complexity index is 1900. The summed E-state index contributed by atoms with van der Waals surface area (Å²) in [6.45, 7) is 0.0712. The van der Waals surface area contributed by atoms with E-state index in [4.69, 9.17) is 4.74 Å². The number of hydrogen-bond acceptors (Lipinski definition) is 8. The topological polar surface area (TPSA) is 147 Å². The van der Waals surface area contributed by atoms with Crippen molar-refractivity contribution in [3.05, 3.63) is 78.8 Å². The summed E-state index contributed by atoms with van der Waals surface area (Å²) in [5, 5.41) is 7.21. The number of allylic oxidation sites excluding steroid dienone is 1. The van der Waals surface area contributed by atoms with Gasteiger partial charge in [0.05, 0.1) is 11.8 Å². The molecule has 3 heterocycles. The molecule has 3 N–H and O–H groups in total. The predicted molar refractivity (Wildman–Crippen MR) is 181 cm³/mol. The van der Waals surface area contributed by atoms with Gasteiger partial charge in [0.2, 0.25) is 27.7 Å². The number of ether oxygens (including phenoxy) is 1.